The zero-order valence-corrected chi connectivity index (χ0v) is 12.7. The maximum atomic E-state index is 11.8. The molecule has 3 nitrogen and oxygen atoms in total. The van der Waals surface area contributed by atoms with Gasteiger partial charge in [0.25, 0.3) is 5.91 Å². The molecule has 106 valence electrons. The van der Waals surface area contributed by atoms with E-state index in [0.29, 0.717) is 18.5 Å². The Morgan fingerprint density at radius 3 is 2.47 bits per heavy atom. The molecule has 0 aromatic heterocycles. The molecule has 0 aliphatic heterocycles. The first-order valence-corrected chi connectivity index (χ1v) is 7.14. The Labute approximate surface area is 116 Å². The van der Waals surface area contributed by atoms with Crippen LogP contribution in [0.1, 0.15) is 50.0 Å². The Bertz CT molecular complexity index is 429. The number of rotatable bonds is 6. The van der Waals surface area contributed by atoms with E-state index in [-0.39, 0.29) is 5.91 Å². The highest BCUT2D eigenvalue weighted by atomic mass is 16.1. The van der Waals surface area contributed by atoms with Gasteiger partial charge in [-0.1, -0.05) is 20.3 Å². The van der Waals surface area contributed by atoms with Crippen molar-refractivity contribution in [1.82, 2.24) is 5.32 Å². The van der Waals surface area contributed by atoms with Crippen LogP contribution in [-0.2, 0) is 0 Å². The number of carbonyl (C=O) groups is 1. The van der Waals surface area contributed by atoms with E-state index in [1.54, 1.807) is 0 Å². The molecule has 19 heavy (non-hydrogen) atoms. The van der Waals surface area contributed by atoms with Crippen LogP contribution in [0.15, 0.2) is 18.2 Å². The summed E-state index contributed by atoms with van der Waals surface area (Å²) >= 11 is 0. The van der Waals surface area contributed by atoms with E-state index in [4.69, 9.17) is 0 Å². The maximum absolute atomic E-state index is 11.8. The largest absolute Gasteiger partial charge is 0.382 e. The molecule has 0 saturated heterocycles. The molecule has 2 atom stereocenters. The predicted octanol–water partition coefficient (Wildman–Crippen LogP) is 3.59. The lowest BCUT2D eigenvalue weighted by atomic mass is 10.00. The highest BCUT2D eigenvalue weighted by Crippen LogP contribution is 2.20. The van der Waals surface area contributed by atoms with Crippen molar-refractivity contribution in [2.45, 2.75) is 47.1 Å². The fraction of sp³-hybridized carbons (Fsp3) is 0.562. The molecule has 0 saturated carbocycles. The first kappa shape index (κ1) is 15.5. The number of carbonyl (C=O) groups excluding carboxylic acids is 1. The molecule has 1 aromatic rings. The molecule has 2 N–H and O–H groups in total. The third kappa shape index (κ3) is 4.27. The lowest BCUT2D eigenvalue weighted by molar-refractivity contribution is 0.0956. The number of aryl methyl sites for hydroxylation is 1. The average molecular weight is 262 g/mol. The van der Waals surface area contributed by atoms with Crippen molar-refractivity contribution in [3.63, 3.8) is 0 Å². The Balaban J connectivity index is 2.80. The van der Waals surface area contributed by atoms with Crippen LogP contribution in [0.5, 0.6) is 0 Å². The summed E-state index contributed by atoms with van der Waals surface area (Å²) in [5.74, 6) is 0.620. The van der Waals surface area contributed by atoms with Gasteiger partial charge in [-0.3, -0.25) is 4.79 Å². The minimum absolute atomic E-state index is 0.00729. The van der Waals surface area contributed by atoms with Crippen molar-refractivity contribution in [2.75, 3.05) is 11.9 Å². The van der Waals surface area contributed by atoms with Crippen molar-refractivity contribution in [1.29, 1.82) is 0 Å². The van der Waals surface area contributed by atoms with Crippen LogP contribution in [0.3, 0.4) is 0 Å². The van der Waals surface area contributed by atoms with E-state index in [2.05, 4.69) is 31.4 Å². The van der Waals surface area contributed by atoms with Gasteiger partial charge in [0.1, 0.15) is 0 Å². The smallest absolute Gasteiger partial charge is 0.251 e. The first-order valence-electron chi connectivity index (χ1n) is 7.14. The van der Waals surface area contributed by atoms with Crippen LogP contribution >= 0.6 is 0 Å². The molecule has 0 fully saturated rings. The van der Waals surface area contributed by atoms with E-state index in [0.717, 1.165) is 23.2 Å². The fourth-order valence-electron chi connectivity index (χ4n) is 1.97. The molecule has 1 aromatic carbocycles. The maximum Gasteiger partial charge on any atom is 0.251 e. The standard InChI is InChI=1S/C16H26N2O/c1-6-11(3)13(5)18-15-9-8-14(10-12(15)4)16(19)17-7-2/h8-11,13,18H,6-7H2,1-5H3,(H,17,19). The van der Waals surface area contributed by atoms with Crippen LogP contribution in [-0.4, -0.2) is 18.5 Å². The molecule has 0 aliphatic carbocycles. The zero-order valence-electron chi connectivity index (χ0n) is 12.7. The third-order valence-electron chi connectivity index (χ3n) is 3.71. The van der Waals surface area contributed by atoms with E-state index >= 15 is 0 Å². The number of hydrogen-bond donors (Lipinski definition) is 2. The topological polar surface area (TPSA) is 41.1 Å². The van der Waals surface area contributed by atoms with Crippen LogP contribution in [0.4, 0.5) is 5.69 Å². The summed E-state index contributed by atoms with van der Waals surface area (Å²) in [6.07, 6.45) is 1.16. The van der Waals surface area contributed by atoms with Crippen LogP contribution in [0.25, 0.3) is 0 Å². The Kier molecular flexibility index (Phi) is 5.87. The van der Waals surface area contributed by atoms with E-state index in [1.807, 2.05) is 32.0 Å². The van der Waals surface area contributed by atoms with Gasteiger partial charge in [-0.2, -0.15) is 0 Å². The second kappa shape index (κ2) is 7.17. The predicted molar refractivity (Wildman–Crippen MR) is 81.7 cm³/mol. The number of anilines is 1. The molecule has 1 rings (SSSR count). The Morgan fingerprint density at radius 2 is 1.95 bits per heavy atom. The summed E-state index contributed by atoms with van der Waals surface area (Å²) < 4.78 is 0. The quantitative estimate of drug-likeness (QED) is 0.822. The Hall–Kier alpha value is -1.51. The number of amides is 1. The summed E-state index contributed by atoms with van der Waals surface area (Å²) in [4.78, 5) is 11.8. The van der Waals surface area contributed by atoms with Crippen LogP contribution in [0, 0.1) is 12.8 Å². The van der Waals surface area contributed by atoms with Crippen molar-refractivity contribution in [3.05, 3.63) is 29.3 Å². The number of nitrogens with one attached hydrogen (secondary N) is 2. The van der Waals surface area contributed by atoms with E-state index in [1.165, 1.54) is 0 Å². The molecular weight excluding hydrogens is 236 g/mol. The summed E-state index contributed by atoms with van der Waals surface area (Å²) in [7, 11) is 0. The van der Waals surface area contributed by atoms with Crippen molar-refractivity contribution >= 4 is 11.6 Å². The summed E-state index contributed by atoms with van der Waals surface area (Å²) in [5.41, 5.74) is 2.95. The Morgan fingerprint density at radius 1 is 1.26 bits per heavy atom. The van der Waals surface area contributed by atoms with E-state index < -0.39 is 0 Å². The van der Waals surface area contributed by atoms with E-state index in [9.17, 15) is 4.79 Å². The SMILES string of the molecule is CCNC(=O)c1ccc(NC(C)C(C)CC)c(C)c1. The van der Waals surface area contributed by atoms with Crippen LogP contribution in [0.2, 0.25) is 0 Å². The molecule has 3 heteroatoms. The van der Waals surface area contributed by atoms with Crippen LogP contribution < -0.4 is 10.6 Å². The number of hydrogen-bond acceptors (Lipinski definition) is 2. The molecule has 0 radical (unpaired) electrons. The van der Waals surface area contributed by atoms with Gasteiger partial charge >= 0.3 is 0 Å². The lowest BCUT2D eigenvalue weighted by Crippen LogP contribution is -2.24. The third-order valence-corrected chi connectivity index (χ3v) is 3.71. The summed E-state index contributed by atoms with van der Waals surface area (Å²) in [6.45, 7) is 11.3. The van der Waals surface area contributed by atoms with Gasteiger partial charge in [0.05, 0.1) is 0 Å². The molecule has 0 aliphatic rings. The monoisotopic (exact) mass is 262 g/mol. The highest BCUT2D eigenvalue weighted by Gasteiger charge is 2.12. The van der Waals surface area contributed by atoms with Crippen molar-refractivity contribution in [3.8, 4) is 0 Å². The van der Waals surface area contributed by atoms with Crippen molar-refractivity contribution in [2.24, 2.45) is 5.92 Å². The molecule has 0 bridgehead atoms. The van der Waals surface area contributed by atoms with Gasteiger partial charge in [-0.05, 0) is 50.5 Å². The van der Waals surface area contributed by atoms with Gasteiger partial charge in [0, 0.05) is 23.8 Å². The second-order valence-corrected chi connectivity index (χ2v) is 5.21. The van der Waals surface area contributed by atoms with Gasteiger partial charge in [0.2, 0.25) is 0 Å². The van der Waals surface area contributed by atoms with Gasteiger partial charge in [0.15, 0.2) is 0 Å². The van der Waals surface area contributed by atoms with Gasteiger partial charge in [-0.15, -0.1) is 0 Å². The molecule has 0 heterocycles. The van der Waals surface area contributed by atoms with Gasteiger partial charge in [-0.25, -0.2) is 0 Å². The highest BCUT2D eigenvalue weighted by molar-refractivity contribution is 5.94. The normalized spacial score (nSPS) is 13.7. The van der Waals surface area contributed by atoms with Crippen molar-refractivity contribution < 1.29 is 4.79 Å². The molecule has 0 spiro atoms. The second-order valence-electron chi connectivity index (χ2n) is 5.21. The number of benzene rings is 1. The zero-order chi connectivity index (χ0) is 14.4. The summed E-state index contributed by atoms with van der Waals surface area (Å²) in [6, 6.07) is 6.25. The lowest BCUT2D eigenvalue weighted by Gasteiger charge is -2.22. The fourth-order valence-corrected chi connectivity index (χ4v) is 1.97. The molecule has 1 amide bonds. The molecular formula is C16H26N2O. The minimum atomic E-state index is -0.00729. The minimum Gasteiger partial charge on any atom is -0.382 e. The summed E-state index contributed by atoms with van der Waals surface area (Å²) in [5, 5.41) is 6.34. The molecule has 2 unspecified atom stereocenters. The first-order chi connectivity index (χ1) is 8.99. The van der Waals surface area contributed by atoms with Gasteiger partial charge < -0.3 is 10.6 Å². The average Bonchev–Trinajstić information content (AvgIpc) is 2.40.